The standard InChI is InChI=1S/C28H24N5.Ir/c1-16-13-17(2)26(18(3)14-16)23-15-32-24-11-7-6-9-21(24)27-22(28(32)29-23)10-8-12-25(27)33-19(4)30-31-20(33)5;/h6-9,11-15H,1-5H3;/q-1;. The van der Waals surface area contributed by atoms with Crippen LogP contribution in [0.2, 0.25) is 0 Å². The maximum atomic E-state index is 5.17. The molecule has 0 amide bonds. The average Bonchev–Trinajstić information content (AvgIpc) is 3.36. The van der Waals surface area contributed by atoms with Gasteiger partial charge in [0, 0.05) is 37.4 Å². The SMILES string of the molecule is Cc1cc(C)c(-c2cn3c4ccccc4c4c(-n5c(C)nnc5C)cc[c-]c4c3n2)c(C)c1.[Ir]. The van der Waals surface area contributed by atoms with Crippen LogP contribution in [0.4, 0.5) is 0 Å². The molecule has 0 bridgehead atoms. The second-order valence-corrected chi connectivity index (χ2v) is 8.85. The zero-order chi connectivity index (χ0) is 22.9. The van der Waals surface area contributed by atoms with Gasteiger partial charge in [0.2, 0.25) is 0 Å². The van der Waals surface area contributed by atoms with Gasteiger partial charge in [-0.2, -0.15) is 0 Å². The van der Waals surface area contributed by atoms with Gasteiger partial charge in [-0.05, 0) is 62.9 Å². The van der Waals surface area contributed by atoms with Gasteiger partial charge in [-0.3, -0.25) is 4.98 Å². The molecule has 0 aliphatic heterocycles. The smallest absolute Gasteiger partial charge is 0.133 e. The number of benzene rings is 3. The Morgan fingerprint density at radius 3 is 2.24 bits per heavy atom. The van der Waals surface area contributed by atoms with Gasteiger partial charge in [0.1, 0.15) is 11.6 Å². The normalized spacial score (nSPS) is 11.4. The van der Waals surface area contributed by atoms with E-state index >= 15 is 0 Å². The second-order valence-electron chi connectivity index (χ2n) is 8.85. The van der Waals surface area contributed by atoms with Gasteiger partial charge in [0.15, 0.2) is 0 Å². The van der Waals surface area contributed by atoms with Crippen molar-refractivity contribution in [2.75, 3.05) is 0 Å². The van der Waals surface area contributed by atoms with E-state index in [0.29, 0.717) is 0 Å². The molecule has 0 aliphatic rings. The van der Waals surface area contributed by atoms with E-state index in [1.54, 1.807) is 0 Å². The third-order valence-corrected chi connectivity index (χ3v) is 6.50. The molecule has 3 aromatic heterocycles. The molecule has 3 aromatic carbocycles. The molecule has 0 aliphatic carbocycles. The molecule has 6 heteroatoms. The second kappa shape index (κ2) is 8.15. The predicted molar refractivity (Wildman–Crippen MR) is 133 cm³/mol. The molecule has 6 aromatic rings. The van der Waals surface area contributed by atoms with Gasteiger partial charge in [0.05, 0.1) is 11.3 Å². The van der Waals surface area contributed by atoms with Crippen LogP contribution in [0.3, 0.4) is 0 Å². The number of fused-ring (bicyclic) bond motifs is 6. The van der Waals surface area contributed by atoms with Crippen LogP contribution >= 0.6 is 0 Å². The number of aromatic nitrogens is 5. The van der Waals surface area contributed by atoms with E-state index in [0.717, 1.165) is 50.4 Å². The molecule has 0 spiro atoms. The summed E-state index contributed by atoms with van der Waals surface area (Å²) in [6, 6.07) is 20.5. The third kappa shape index (κ3) is 3.21. The number of nitrogens with zero attached hydrogens (tertiary/aromatic N) is 5. The summed E-state index contributed by atoms with van der Waals surface area (Å²) in [7, 11) is 0. The maximum absolute atomic E-state index is 5.17. The maximum Gasteiger partial charge on any atom is 0.133 e. The fraction of sp³-hybridized carbons (Fsp3) is 0.179. The molecule has 34 heavy (non-hydrogen) atoms. The first kappa shape index (κ1) is 22.5. The number of imidazole rings is 1. The summed E-state index contributed by atoms with van der Waals surface area (Å²) in [5.41, 5.74) is 9.01. The molecule has 0 fully saturated rings. The Balaban J connectivity index is 0.00000241. The van der Waals surface area contributed by atoms with Crippen molar-refractivity contribution < 1.29 is 20.1 Å². The van der Waals surface area contributed by atoms with Crippen molar-refractivity contribution in [2.24, 2.45) is 0 Å². The number of aryl methyl sites for hydroxylation is 5. The third-order valence-electron chi connectivity index (χ3n) is 6.50. The molecular formula is C28H24IrN5-. The van der Waals surface area contributed by atoms with Gasteiger partial charge in [-0.1, -0.05) is 46.7 Å². The van der Waals surface area contributed by atoms with Crippen LogP contribution in [0.25, 0.3) is 44.3 Å². The minimum absolute atomic E-state index is 0. The topological polar surface area (TPSA) is 48.0 Å². The summed E-state index contributed by atoms with van der Waals surface area (Å²) in [6.07, 6.45) is 2.16. The minimum Gasteiger partial charge on any atom is -0.339 e. The van der Waals surface area contributed by atoms with Crippen LogP contribution in [-0.2, 0) is 20.1 Å². The number of hydrogen-bond acceptors (Lipinski definition) is 3. The van der Waals surface area contributed by atoms with Crippen LogP contribution in [-0.4, -0.2) is 24.1 Å². The summed E-state index contributed by atoms with van der Waals surface area (Å²) >= 11 is 0. The van der Waals surface area contributed by atoms with Crippen molar-refractivity contribution in [2.45, 2.75) is 34.6 Å². The van der Waals surface area contributed by atoms with Crippen molar-refractivity contribution in [3.05, 3.63) is 89.1 Å². The van der Waals surface area contributed by atoms with Crippen LogP contribution in [0.15, 0.2) is 54.7 Å². The van der Waals surface area contributed by atoms with Crippen LogP contribution < -0.4 is 0 Å². The summed E-state index contributed by atoms with van der Waals surface area (Å²) in [5.74, 6) is 1.72. The van der Waals surface area contributed by atoms with E-state index in [4.69, 9.17) is 4.98 Å². The van der Waals surface area contributed by atoms with Crippen molar-refractivity contribution in [1.82, 2.24) is 24.1 Å². The van der Waals surface area contributed by atoms with Crippen molar-refractivity contribution >= 4 is 27.3 Å². The molecule has 5 nitrogen and oxygen atoms in total. The van der Waals surface area contributed by atoms with E-state index < -0.39 is 0 Å². The quantitative estimate of drug-likeness (QED) is 0.170. The molecular weight excluding hydrogens is 599 g/mol. The van der Waals surface area contributed by atoms with Gasteiger partial charge in [0.25, 0.3) is 0 Å². The largest absolute Gasteiger partial charge is 0.339 e. The Morgan fingerprint density at radius 1 is 0.853 bits per heavy atom. The molecule has 0 unspecified atom stereocenters. The zero-order valence-electron chi connectivity index (χ0n) is 19.8. The molecule has 0 saturated carbocycles. The Morgan fingerprint density at radius 2 is 1.53 bits per heavy atom. The van der Waals surface area contributed by atoms with Gasteiger partial charge in [-0.15, -0.1) is 28.4 Å². The van der Waals surface area contributed by atoms with Gasteiger partial charge in [-0.25, -0.2) is 0 Å². The number of pyridine rings is 1. The Bertz CT molecular complexity index is 1680. The van der Waals surface area contributed by atoms with E-state index in [-0.39, 0.29) is 20.1 Å². The predicted octanol–water partition coefficient (Wildman–Crippen LogP) is 6.23. The number of hydrogen-bond donors (Lipinski definition) is 0. The first-order valence-corrected chi connectivity index (χ1v) is 11.2. The summed E-state index contributed by atoms with van der Waals surface area (Å²) < 4.78 is 4.31. The Kier molecular flexibility index (Phi) is 5.38. The summed E-state index contributed by atoms with van der Waals surface area (Å²) in [6.45, 7) is 10.4. The monoisotopic (exact) mass is 623 g/mol. The van der Waals surface area contributed by atoms with E-state index in [1.807, 2.05) is 19.9 Å². The van der Waals surface area contributed by atoms with Crippen LogP contribution in [0.1, 0.15) is 28.3 Å². The molecule has 3 heterocycles. The summed E-state index contributed by atoms with van der Waals surface area (Å²) in [4.78, 5) is 5.17. The van der Waals surface area contributed by atoms with E-state index in [9.17, 15) is 0 Å². The Hall–Kier alpha value is -3.34. The molecule has 0 N–H and O–H groups in total. The average molecular weight is 623 g/mol. The van der Waals surface area contributed by atoms with Gasteiger partial charge >= 0.3 is 0 Å². The molecule has 0 atom stereocenters. The van der Waals surface area contributed by atoms with Crippen molar-refractivity contribution in [3.63, 3.8) is 0 Å². The van der Waals surface area contributed by atoms with E-state index in [2.05, 4.69) is 94.7 Å². The molecule has 0 saturated heterocycles. The van der Waals surface area contributed by atoms with Crippen molar-refractivity contribution in [1.29, 1.82) is 0 Å². The number of rotatable bonds is 2. The molecule has 171 valence electrons. The van der Waals surface area contributed by atoms with Crippen molar-refractivity contribution in [3.8, 4) is 16.9 Å². The fourth-order valence-electron chi connectivity index (χ4n) is 5.28. The molecule has 6 rings (SSSR count). The fourth-order valence-corrected chi connectivity index (χ4v) is 5.28. The first-order valence-electron chi connectivity index (χ1n) is 11.2. The molecule has 1 radical (unpaired) electrons. The van der Waals surface area contributed by atoms with Gasteiger partial charge < -0.3 is 8.97 Å². The Labute approximate surface area is 211 Å². The number of para-hydroxylation sites is 1. The zero-order valence-corrected chi connectivity index (χ0v) is 22.2. The minimum atomic E-state index is 0. The van der Waals surface area contributed by atoms with E-state index in [1.165, 1.54) is 22.3 Å². The van der Waals surface area contributed by atoms with Crippen LogP contribution in [0.5, 0.6) is 0 Å². The summed E-state index contributed by atoms with van der Waals surface area (Å²) in [5, 5.41) is 11.8. The first-order chi connectivity index (χ1) is 15.9. The van der Waals surface area contributed by atoms with Crippen LogP contribution in [0, 0.1) is 40.7 Å².